The predicted octanol–water partition coefficient (Wildman–Crippen LogP) is 1.59. The number of likely N-dealkylation sites (tertiary alicyclic amines) is 1. The molecule has 1 saturated carbocycles. The van der Waals surface area contributed by atoms with Crippen LogP contribution in [0.3, 0.4) is 0 Å². The van der Waals surface area contributed by atoms with Crippen LogP contribution >= 0.6 is 0 Å². The van der Waals surface area contributed by atoms with Crippen molar-refractivity contribution in [2.24, 2.45) is 13.0 Å². The Bertz CT molecular complexity index is 581. The summed E-state index contributed by atoms with van der Waals surface area (Å²) < 4.78 is 1.65. The van der Waals surface area contributed by atoms with E-state index >= 15 is 0 Å². The fourth-order valence-electron chi connectivity index (χ4n) is 3.82. The third-order valence-corrected chi connectivity index (χ3v) is 5.07. The summed E-state index contributed by atoms with van der Waals surface area (Å²) in [5.41, 5.74) is 1.30. The van der Waals surface area contributed by atoms with Gasteiger partial charge in [0.25, 0.3) is 5.91 Å². The average molecular weight is 291 g/mol. The Hall–Kier alpha value is -1.85. The monoisotopic (exact) mass is 291 g/mol. The predicted molar refractivity (Wildman–Crippen MR) is 75.9 cm³/mol. The van der Waals surface area contributed by atoms with Gasteiger partial charge in [0.1, 0.15) is 6.04 Å². The van der Waals surface area contributed by atoms with Crippen LogP contribution in [0.15, 0.2) is 6.20 Å². The molecule has 6 heteroatoms. The zero-order valence-corrected chi connectivity index (χ0v) is 12.5. The summed E-state index contributed by atoms with van der Waals surface area (Å²) in [4.78, 5) is 26.0. The maximum Gasteiger partial charge on any atom is 0.326 e. The Morgan fingerprint density at radius 2 is 2.05 bits per heavy atom. The lowest BCUT2D eigenvalue weighted by molar-refractivity contribution is -0.141. The third kappa shape index (κ3) is 2.22. The number of hydrogen-bond donors (Lipinski definition) is 1. The molecule has 0 radical (unpaired) electrons. The molecule has 2 fully saturated rings. The van der Waals surface area contributed by atoms with Crippen molar-refractivity contribution in [3.63, 3.8) is 0 Å². The van der Waals surface area contributed by atoms with Crippen molar-refractivity contribution in [3.05, 3.63) is 17.5 Å². The molecule has 1 aliphatic heterocycles. The zero-order valence-electron chi connectivity index (χ0n) is 12.5. The number of carboxylic acid groups (broad SMARTS) is 1. The lowest BCUT2D eigenvalue weighted by Gasteiger charge is -2.32. The molecule has 1 N–H and O–H groups in total. The number of hydrogen-bond acceptors (Lipinski definition) is 3. The molecular formula is C15H21N3O3. The fourth-order valence-corrected chi connectivity index (χ4v) is 3.82. The number of nitrogens with zero attached hydrogens (tertiary/aromatic N) is 3. The number of fused-ring (bicyclic) bond motifs is 1. The van der Waals surface area contributed by atoms with Gasteiger partial charge in [-0.2, -0.15) is 5.10 Å². The number of aromatic nitrogens is 2. The van der Waals surface area contributed by atoms with Gasteiger partial charge in [0, 0.05) is 18.8 Å². The van der Waals surface area contributed by atoms with E-state index in [1.54, 1.807) is 22.8 Å². The van der Waals surface area contributed by atoms with Crippen molar-refractivity contribution in [2.75, 3.05) is 0 Å². The van der Waals surface area contributed by atoms with E-state index in [0.717, 1.165) is 31.4 Å². The van der Waals surface area contributed by atoms with E-state index in [2.05, 4.69) is 5.10 Å². The van der Waals surface area contributed by atoms with E-state index < -0.39 is 12.0 Å². The second-order valence-corrected chi connectivity index (χ2v) is 6.18. The maximum absolute atomic E-state index is 12.9. The summed E-state index contributed by atoms with van der Waals surface area (Å²) in [7, 11) is 1.79. The van der Waals surface area contributed by atoms with Gasteiger partial charge < -0.3 is 10.0 Å². The van der Waals surface area contributed by atoms with Gasteiger partial charge in [0.15, 0.2) is 0 Å². The molecule has 1 saturated heterocycles. The van der Waals surface area contributed by atoms with Crippen LogP contribution in [0, 0.1) is 12.8 Å². The molecule has 2 aliphatic rings. The molecular weight excluding hydrogens is 270 g/mol. The summed E-state index contributed by atoms with van der Waals surface area (Å²) in [6.45, 7) is 1.84. The van der Waals surface area contributed by atoms with Gasteiger partial charge in [0.05, 0.1) is 11.8 Å². The van der Waals surface area contributed by atoms with Gasteiger partial charge in [-0.05, 0) is 32.1 Å². The van der Waals surface area contributed by atoms with Crippen LogP contribution in [-0.4, -0.2) is 43.7 Å². The molecule has 21 heavy (non-hydrogen) atoms. The highest BCUT2D eigenvalue weighted by Gasteiger charge is 2.48. The van der Waals surface area contributed by atoms with Crippen LogP contribution in [0.5, 0.6) is 0 Å². The molecule has 0 bridgehead atoms. The van der Waals surface area contributed by atoms with Crippen LogP contribution in [0.25, 0.3) is 0 Å². The Morgan fingerprint density at radius 1 is 1.33 bits per heavy atom. The maximum atomic E-state index is 12.9. The number of carboxylic acids is 1. The first-order valence-electron chi connectivity index (χ1n) is 7.54. The Morgan fingerprint density at radius 3 is 2.67 bits per heavy atom. The average Bonchev–Trinajstić information content (AvgIpc) is 3.00. The number of rotatable bonds is 2. The highest BCUT2D eigenvalue weighted by molar-refractivity contribution is 5.98. The highest BCUT2D eigenvalue weighted by Crippen LogP contribution is 2.40. The van der Waals surface area contributed by atoms with Gasteiger partial charge in [-0.3, -0.25) is 9.48 Å². The molecule has 1 aromatic heterocycles. The SMILES string of the molecule is Cc1c(C(=O)N2[C@@H]3CCCC[C@@H]3C[C@H]2C(=O)O)cnn1C. The number of amides is 1. The van der Waals surface area contributed by atoms with E-state index in [9.17, 15) is 14.7 Å². The van der Waals surface area contributed by atoms with Gasteiger partial charge in [-0.1, -0.05) is 12.8 Å². The highest BCUT2D eigenvalue weighted by atomic mass is 16.4. The quantitative estimate of drug-likeness (QED) is 0.897. The van der Waals surface area contributed by atoms with Crippen LogP contribution in [0.2, 0.25) is 0 Å². The molecule has 0 spiro atoms. The van der Waals surface area contributed by atoms with Crippen molar-refractivity contribution in [1.29, 1.82) is 0 Å². The third-order valence-electron chi connectivity index (χ3n) is 5.07. The van der Waals surface area contributed by atoms with Gasteiger partial charge in [-0.15, -0.1) is 0 Å². The standard InChI is InChI=1S/C15H21N3O3/c1-9-11(8-16-17(9)2)14(19)18-12-6-4-3-5-10(12)7-13(18)15(20)21/h8,10,12-13H,3-7H2,1-2H3,(H,20,21)/t10-,12-,13+/m1/s1. The smallest absolute Gasteiger partial charge is 0.326 e. The van der Waals surface area contributed by atoms with E-state index in [-0.39, 0.29) is 11.9 Å². The molecule has 1 aliphatic carbocycles. The molecule has 2 heterocycles. The minimum atomic E-state index is -0.890. The summed E-state index contributed by atoms with van der Waals surface area (Å²) in [5.74, 6) is -0.734. The van der Waals surface area contributed by atoms with Crippen LogP contribution in [-0.2, 0) is 11.8 Å². The molecule has 0 unspecified atom stereocenters. The molecule has 6 nitrogen and oxygen atoms in total. The molecule has 1 aromatic rings. The molecule has 1 amide bonds. The Kier molecular flexibility index (Phi) is 3.47. The summed E-state index contributed by atoms with van der Waals surface area (Å²) in [6, 6.07) is -0.614. The van der Waals surface area contributed by atoms with E-state index in [4.69, 9.17) is 0 Å². The Labute approximate surface area is 123 Å². The van der Waals surface area contributed by atoms with Crippen molar-refractivity contribution < 1.29 is 14.7 Å². The number of aryl methyl sites for hydroxylation is 1. The topological polar surface area (TPSA) is 75.4 Å². The molecule has 0 aromatic carbocycles. The van der Waals surface area contributed by atoms with Crippen LogP contribution in [0.4, 0.5) is 0 Å². The zero-order chi connectivity index (χ0) is 15.1. The largest absolute Gasteiger partial charge is 0.480 e. The van der Waals surface area contributed by atoms with Gasteiger partial charge >= 0.3 is 5.97 Å². The second kappa shape index (κ2) is 5.16. The number of carbonyl (C=O) groups excluding carboxylic acids is 1. The van der Waals surface area contributed by atoms with Gasteiger partial charge in [-0.25, -0.2) is 4.79 Å². The van der Waals surface area contributed by atoms with Crippen molar-refractivity contribution in [2.45, 2.75) is 51.1 Å². The van der Waals surface area contributed by atoms with E-state index in [0.29, 0.717) is 17.9 Å². The van der Waals surface area contributed by atoms with E-state index in [1.807, 2.05) is 6.92 Å². The fraction of sp³-hybridized carbons (Fsp3) is 0.667. The summed E-state index contributed by atoms with van der Waals surface area (Å²) in [6.07, 6.45) is 6.30. The first-order chi connectivity index (χ1) is 10.0. The summed E-state index contributed by atoms with van der Waals surface area (Å²) in [5, 5.41) is 13.6. The number of carbonyl (C=O) groups is 2. The number of aliphatic carboxylic acids is 1. The van der Waals surface area contributed by atoms with E-state index in [1.165, 1.54) is 0 Å². The lowest BCUT2D eigenvalue weighted by atomic mass is 9.84. The first-order valence-corrected chi connectivity index (χ1v) is 7.54. The lowest BCUT2D eigenvalue weighted by Crippen LogP contribution is -2.46. The first kappa shape index (κ1) is 14.1. The minimum Gasteiger partial charge on any atom is -0.480 e. The second-order valence-electron chi connectivity index (χ2n) is 6.18. The van der Waals surface area contributed by atoms with Gasteiger partial charge in [0.2, 0.25) is 0 Å². The van der Waals surface area contributed by atoms with Crippen molar-refractivity contribution in [3.8, 4) is 0 Å². The summed E-state index contributed by atoms with van der Waals surface area (Å²) >= 11 is 0. The van der Waals surface area contributed by atoms with Crippen LogP contribution < -0.4 is 0 Å². The van der Waals surface area contributed by atoms with Crippen LogP contribution in [0.1, 0.15) is 48.2 Å². The molecule has 3 atom stereocenters. The van der Waals surface area contributed by atoms with Crippen molar-refractivity contribution in [1.82, 2.24) is 14.7 Å². The molecule has 3 rings (SSSR count). The minimum absolute atomic E-state index is 0.0759. The Balaban J connectivity index is 1.94. The molecule has 114 valence electrons. The normalized spacial score (nSPS) is 28.5. The van der Waals surface area contributed by atoms with Crippen molar-refractivity contribution >= 4 is 11.9 Å².